The minimum Gasteiger partial charge on any atom is -0.356 e. The van der Waals surface area contributed by atoms with Crippen molar-refractivity contribution in [2.45, 2.75) is 26.3 Å². The lowest BCUT2D eigenvalue weighted by atomic mass is 10.2. The minimum atomic E-state index is 0.0709. The van der Waals surface area contributed by atoms with E-state index in [4.69, 9.17) is 23.2 Å². The summed E-state index contributed by atoms with van der Waals surface area (Å²) < 4.78 is 0. The van der Waals surface area contributed by atoms with E-state index in [-0.39, 0.29) is 5.91 Å². The van der Waals surface area contributed by atoms with Crippen LogP contribution < -0.4 is 10.6 Å². The molecule has 0 radical (unpaired) electrons. The summed E-state index contributed by atoms with van der Waals surface area (Å²) in [5, 5.41) is 7.35. The fourth-order valence-corrected chi connectivity index (χ4v) is 1.84. The number of hydrogen-bond acceptors (Lipinski definition) is 2. The Morgan fingerprint density at radius 1 is 1.28 bits per heavy atom. The monoisotopic (exact) mass is 288 g/mol. The van der Waals surface area contributed by atoms with Gasteiger partial charge < -0.3 is 10.6 Å². The molecule has 1 rings (SSSR count). The maximum absolute atomic E-state index is 11.3. The number of rotatable bonds is 7. The fraction of sp³-hybridized carbons (Fsp3) is 0.462. The number of benzene rings is 1. The van der Waals surface area contributed by atoms with Gasteiger partial charge in [0.25, 0.3) is 0 Å². The fourth-order valence-electron chi connectivity index (χ4n) is 1.46. The van der Waals surface area contributed by atoms with Crippen LogP contribution in [-0.2, 0) is 11.3 Å². The van der Waals surface area contributed by atoms with E-state index in [2.05, 4.69) is 10.6 Å². The highest BCUT2D eigenvalue weighted by atomic mass is 35.5. The van der Waals surface area contributed by atoms with Crippen LogP contribution in [0.5, 0.6) is 0 Å². The Morgan fingerprint density at radius 2 is 2.06 bits per heavy atom. The molecule has 18 heavy (non-hydrogen) atoms. The average molecular weight is 289 g/mol. The molecule has 0 aromatic heterocycles. The van der Waals surface area contributed by atoms with Crippen LogP contribution in [0, 0.1) is 0 Å². The van der Waals surface area contributed by atoms with Gasteiger partial charge in [-0.05, 0) is 30.2 Å². The average Bonchev–Trinajstić information content (AvgIpc) is 2.36. The van der Waals surface area contributed by atoms with Crippen molar-refractivity contribution in [1.29, 1.82) is 0 Å². The number of amides is 1. The second-order valence-electron chi connectivity index (χ2n) is 4.01. The van der Waals surface area contributed by atoms with Gasteiger partial charge in [0.1, 0.15) is 0 Å². The SMILES string of the molecule is CCCNC(=O)CCNCc1cc(Cl)ccc1Cl. The molecule has 1 aromatic carbocycles. The standard InChI is InChI=1S/C13H18Cl2N2O/c1-2-6-17-13(18)5-7-16-9-10-8-11(14)3-4-12(10)15/h3-4,8,16H,2,5-7,9H2,1H3,(H,17,18). The first-order chi connectivity index (χ1) is 8.63. The zero-order valence-electron chi connectivity index (χ0n) is 10.4. The maximum Gasteiger partial charge on any atom is 0.221 e. The van der Waals surface area contributed by atoms with Gasteiger partial charge in [0.2, 0.25) is 5.91 Å². The van der Waals surface area contributed by atoms with Crippen LogP contribution in [0.15, 0.2) is 18.2 Å². The molecule has 0 aliphatic carbocycles. The third kappa shape index (κ3) is 5.71. The zero-order chi connectivity index (χ0) is 13.4. The van der Waals surface area contributed by atoms with Gasteiger partial charge in [-0.15, -0.1) is 0 Å². The molecule has 0 aliphatic rings. The number of nitrogens with one attached hydrogen (secondary N) is 2. The summed E-state index contributed by atoms with van der Waals surface area (Å²) in [5.41, 5.74) is 0.943. The largest absolute Gasteiger partial charge is 0.356 e. The molecule has 0 aliphatic heterocycles. The lowest BCUT2D eigenvalue weighted by Gasteiger charge is -2.07. The number of carbonyl (C=O) groups excluding carboxylic acids is 1. The van der Waals surface area contributed by atoms with Gasteiger partial charge in [0.05, 0.1) is 0 Å². The predicted molar refractivity (Wildman–Crippen MR) is 76.1 cm³/mol. The van der Waals surface area contributed by atoms with Gasteiger partial charge in [-0.2, -0.15) is 0 Å². The van der Waals surface area contributed by atoms with E-state index in [1.807, 2.05) is 13.0 Å². The molecule has 5 heteroatoms. The topological polar surface area (TPSA) is 41.1 Å². The molecule has 0 bridgehead atoms. The van der Waals surface area contributed by atoms with Crippen LogP contribution in [0.1, 0.15) is 25.3 Å². The first kappa shape index (κ1) is 15.3. The lowest BCUT2D eigenvalue weighted by molar-refractivity contribution is -0.120. The van der Waals surface area contributed by atoms with Crippen molar-refractivity contribution in [2.75, 3.05) is 13.1 Å². The van der Waals surface area contributed by atoms with E-state index in [1.54, 1.807) is 12.1 Å². The summed E-state index contributed by atoms with van der Waals surface area (Å²) in [6.45, 7) is 4.00. The van der Waals surface area contributed by atoms with E-state index < -0.39 is 0 Å². The van der Waals surface area contributed by atoms with E-state index in [0.717, 1.165) is 18.5 Å². The van der Waals surface area contributed by atoms with E-state index in [0.29, 0.717) is 29.6 Å². The summed E-state index contributed by atoms with van der Waals surface area (Å²) in [7, 11) is 0. The van der Waals surface area contributed by atoms with Crippen molar-refractivity contribution < 1.29 is 4.79 Å². The van der Waals surface area contributed by atoms with Crippen molar-refractivity contribution in [3.8, 4) is 0 Å². The number of carbonyl (C=O) groups is 1. The van der Waals surface area contributed by atoms with Crippen LogP contribution in [0.4, 0.5) is 0 Å². The van der Waals surface area contributed by atoms with Gasteiger partial charge in [-0.25, -0.2) is 0 Å². The van der Waals surface area contributed by atoms with Gasteiger partial charge in [0, 0.05) is 36.1 Å². The molecule has 0 heterocycles. The summed E-state index contributed by atoms with van der Waals surface area (Å²) >= 11 is 11.9. The first-order valence-corrected chi connectivity index (χ1v) is 6.80. The van der Waals surface area contributed by atoms with Crippen LogP contribution in [0.25, 0.3) is 0 Å². The third-order valence-electron chi connectivity index (χ3n) is 2.42. The smallest absolute Gasteiger partial charge is 0.221 e. The number of halogens is 2. The molecular weight excluding hydrogens is 271 g/mol. The van der Waals surface area contributed by atoms with Crippen molar-refractivity contribution in [2.24, 2.45) is 0 Å². The maximum atomic E-state index is 11.3. The van der Waals surface area contributed by atoms with E-state index >= 15 is 0 Å². The summed E-state index contributed by atoms with van der Waals surface area (Å²) in [6.07, 6.45) is 1.43. The Bertz CT molecular complexity index is 397. The molecule has 0 atom stereocenters. The third-order valence-corrected chi connectivity index (χ3v) is 3.03. The highest BCUT2D eigenvalue weighted by Crippen LogP contribution is 2.20. The van der Waals surface area contributed by atoms with Crippen LogP contribution in [-0.4, -0.2) is 19.0 Å². The molecule has 2 N–H and O–H groups in total. The van der Waals surface area contributed by atoms with Crippen LogP contribution in [0.2, 0.25) is 10.0 Å². The van der Waals surface area contributed by atoms with Crippen molar-refractivity contribution >= 4 is 29.1 Å². The molecule has 3 nitrogen and oxygen atoms in total. The molecule has 1 amide bonds. The van der Waals surface area contributed by atoms with Gasteiger partial charge in [-0.3, -0.25) is 4.79 Å². The Hall–Kier alpha value is -0.770. The number of hydrogen-bond donors (Lipinski definition) is 2. The summed E-state index contributed by atoms with van der Waals surface area (Å²) in [4.78, 5) is 11.3. The molecule has 0 saturated carbocycles. The molecule has 100 valence electrons. The predicted octanol–water partition coefficient (Wildman–Crippen LogP) is 3.00. The summed E-state index contributed by atoms with van der Waals surface area (Å²) in [5.74, 6) is 0.0709. The van der Waals surface area contributed by atoms with Gasteiger partial charge in [-0.1, -0.05) is 30.1 Å². The zero-order valence-corrected chi connectivity index (χ0v) is 11.9. The lowest BCUT2D eigenvalue weighted by Crippen LogP contribution is -2.28. The van der Waals surface area contributed by atoms with E-state index in [9.17, 15) is 4.79 Å². The Morgan fingerprint density at radius 3 is 2.78 bits per heavy atom. The van der Waals surface area contributed by atoms with Crippen molar-refractivity contribution in [1.82, 2.24) is 10.6 Å². The highest BCUT2D eigenvalue weighted by Gasteiger charge is 2.02. The second-order valence-corrected chi connectivity index (χ2v) is 4.86. The molecule has 0 spiro atoms. The van der Waals surface area contributed by atoms with Crippen molar-refractivity contribution in [3.05, 3.63) is 33.8 Å². The quantitative estimate of drug-likeness (QED) is 0.758. The molecule has 0 unspecified atom stereocenters. The minimum absolute atomic E-state index is 0.0709. The van der Waals surface area contributed by atoms with Crippen LogP contribution in [0.3, 0.4) is 0 Å². The molecule has 0 saturated heterocycles. The van der Waals surface area contributed by atoms with Gasteiger partial charge >= 0.3 is 0 Å². The second kappa shape index (κ2) is 8.35. The Kier molecular flexibility index (Phi) is 7.09. The molecular formula is C13H18Cl2N2O. The first-order valence-electron chi connectivity index (χ1n) is 6.04. The molecule has 1 aromatic rings. The van der Waals surface area contributed by atoms with Gasteiger partial charge in [0.15, 0.2) is 0 Å². The van der Waals surface area contributed by atoms with E-state index in [1.165, 1.54) is 0 Å². The normalized spacial score (nSPS) is 10.4. The summed E-state index contributed by atoms with van der Waals surface area (Å²) in [6, 6.07) is 5.36. The Labute approximate surface area is 118 Å². The molecule has 0 fully saturated rings. The van der Waals surface area contributed by atoms with Crippen LogP contribution >= 0.6 is 23.2 Å². The van der Waals surface area contributed by atoms with Crippen molar-refractivity contribution in [3.63, 3.8) is 0 Å². The Balaban J connectivity index is 2.25. The highest BCUT2D eigenvalue weighted by molar-refractivity contribution is 6.33.